The minimum atomic E-state index is -1.63. The Morgan fingerprint density at radius 1 is 1.09 bits per heavy atom. The van der Waals surface area contributed by atoms with E-state index in [4.69, 9.17) is 9.47 Å². The average molecular weight is 488 g/mol. The third-order valence-corrected chi connectivity index (χ3v) is 6.19. The first-order valence-corrected chi connectivity index (χ1v) is 11.4. The summed E-state index contributed by atoms with van der Waals surface area (Å²) in [6.07, 6.45) is 0.768. The number of halogens is 2. The van der Waals surface area contributed by atoms with Crippen LogP contribution in [-0.2, 0) is 15.1 Å². The number of carbonyl (C=O) groups is 3. The highest BCUT2D eigenvalue weighted by molar-refractivity contribution is 6.09. The summed E-state index contributed by atoms with van der Waals surface area (Å²) in [4.78, 5) is 39.3. The van der Waals surface area contributed by atoms with E-state index in [-0.39, 0.29) is 11.5 Å². The molecule has 0 aliphatic carbocycles. The Labute approximate surface area is 201 Å². The molecule has 35 heavy (non-hydrogen) atoms. The molecule has 2 atom stereocenters. The fourth-order valence-corrected chi connectivity index (χ4v) is 4.21. The van der Waals surface area contributed by atoms with E-state index in [1.807, 2.05) is 26.0 Å². The fourth-order valence-electron chi connectivity index (χ4n) is 4.21. The number of nitrogens with zero attached hydrogens (tertiary/aromatic N) is 1. The van der Waals surface area contributed by atoms with Crippen LogP contribution in [-0.4, -0.2) is 42.5 Å². The summed E-state index contributed by atoms with van der Waals surface area (Å²) in [6, 6.07) is 7.20. The zero-order valence-electron chi connectivity index (χ0n) is 19.7. The molecule has 0 bridgehead atoms. The molecule has 2 unspecified atom stereocenters. The van der Waals surface area contributed by atoms with Crippen molar-refractivity contribution < 1.29 is 32.6 Å². The molecular weight excluding hydrogens is 460 g/mol. The minimum absolute atomic E-state index is 0.0146. The standard InChI is InChI=1S/C25H27F2N3O5/c1-14(2)22(15-5-8-19-20(11-15)35-10-4-9-34-19)28-21(31)13-30-23(32)25(3,29-24(30)33)16-6-7-17(26)18(27)12-16/h5-8,11-12,14,22H,4,9-10,13H2,1-3H3,(H,28,31)(H,29,33). The van der Waals surface area contributed by atoms with E-state index in [0.717, 1.165) is 29.0 Å². The van der Waals surface area contributed by atoms with Gasteiger partial charge in [0.1, 0.15) is 12.1 Å². The molecule has 2 aliphatic heterocycles. The Balaban J connectivity index is 1.49. The van der Waals surface area contributed by atoms with E-state index in [2.05, 4.69) is 10.6 Å². The van der Waals surface area contributed by atoms with Crippen LogP contribution in [0, 0.1) is 17.6 Å². The third-order valence-electron chi connectivity index (χ3n) is 6.19. The van der Waals surface area contributed by atoms with Crippen LogP contribution in [0.4, 0.5) is 13.6 Å². The van der Waals surface area contributed by atoms with E-state index in [1.54, 1.807) is 6.07 Å². The predicted octanol–water partition coefficient (Wildman–Crippen LogP) is 3.41. The first kappa shape index (κ1) is 24.4. The molecule has 2 heterocycles. The van der Waals surface area contributed by atoms with Gasteiger partial charge < -0.3 is 20.1 Å². The van der Waals surface area contributed by atoms with Crippen molar-refractivity contribution in [3.63, 3.8) is 0 Å². The van der Waals surface area contributed by atoms with Crippen LogP contribution >= 0.6 is 0 Å². The highest BCUT2D eigenvalue weighted by atomic mass is 19.2. The molecule has 2 aliphatic rings. The van der Waals surface area contributed by atoms with Gasteiger partial charge in [-0.2, -0.15) is 0 Å². The first-order chi connectivity index (χ1) is 16.6. The Kier molecular flexibility index (Phi) is 6.64. The number of hydrogen-bond donors (Lipinski definition) is 2. The van der Waals surface area contributed by atoms with Crippen molar-refractivity contribution in [1.82, 2.24) is 15.5 Å². The van der Waals surface area contributed by atoms with Gasteiger partial charge in [-0.15, -0.1) is 0 Å². The molecule has 0 aromatic heterocycles. The van der Waals surface area contributed by atoms with Gasteiger partial charge in [-0.3, -0.25) is 14.5 Å². The molecule has 0 radical (unpaired) electrons. The number of hydrogen-bond acceptors (Lipinski definition) is 5. The normalized spacial score (nSPS) is 20.5. The van der Waals surface area contributed by atoms with E-state index < -0.39 is 47.6 Å². The summed E-state index contributed by atoms with van der Waals surface area (Å²) < 4.78 is 38.5. The molecule has 186 valence electrons. The lowest BCUT2D eigenvalue weighted by molar-refractivity contribution is -0.135. The predicted molar refractivity (Wildman–Crippen MR) is 122 cm³/mol. The number of amides is 4. The highest BCUT2D eigenvalue weighted by Gasteiger charge is 2.49. The fraction of sp³-hybridized carbons (Fsp3) is 0.400. The van der Waals surface area contributed by atoms with E-state index in [9.17, 15) is 23.2 Å². The number of ether oxygens (including phenoxy) is 2. The number of nitrogens with one attached hydrogen (secondary N) is 2. The lowest BCUT2D eigenvalue weighted by atomic mass is 9.92. The largest absolute Gasteiger partial charge is 0.490 e. The van der Waals surface area contributed by atoms with Gasteiger partial charge in [-0.1, -0.05) is 26.0 Å². The lowest BCUT2D eigenvalue weighted by Crippen LogP contribution is -2.44. The van der Waals surface area contributed by atoms with Gasteiger partial charge in [0.05, 0.1) is 19.3 Å². The smallest absolute Gasteiger partial charge is 0.325 e. The van der Waals surface area contributed by atoms with E-state index in [0.29, 0.717) is 24.7 Å². The summed E-state index contributed by atoms with van der Waals surface area (Å²) in [7, 11) is 0. The van der Waals surface area contributed by atoms with Gasteiger partial charge in [0, 0.05) is 6.42 Å². The number of benzene rings is 2. The van der Waals surface area contributed by atoms with Gasteiger partial charge in [0.15, 0.2) is 23.1 Å². The van der Waals surface area contributed by atoms with Crippen LogP contribution in [0.3, 0.4) is 0 Å². The number of fused-ring (bicyclic) bond motifs is 1. The van der Waals surface area contributed by atoms with Crippen LogP contribution in [0.2, 0.25) is 0 Å². The number of rotatable bonds is 6. The van der Waals surface area contributed by atoms with Crippen molar-refractivity contribution in [3.05, 3.63) is 59.2 Å². The van der Waals surface area contributed by atoms with Crippen molar-refractivity contribution in [2.45, 2.75) is 38.8 Å². The summed E-state index contributed by atoms with van der Waals surface area (Å²) in [5.41, 5.74) is -0.760. The number of urea groups is 1. The summed E-state index contributed by atoms with van der Waals surface area (Å²) in [6.45, 7) is 5.80. The average Bonchev–Trinajstić information content (AvgIpc) is 2.97. The maximum atomic E-state index is 13.7. The summed E-state index contributed by atoms with van der Waals surface area (Å²) in [5, 5.41) is 5.37. The van der Waals surface area contributed by atoms with Crippen molar-refractivity contribution >= 4 is 17.8 Å². The van der Waals surface area contributed by atoms with E-state index >= 15 is 0 Å². The lowest BCUT2D eigenvalue weighted by Gasteiger charge is -2.25. The number of carbonyl (C=O) groups excluding carboxylic acids is 3. The molecule has 0 saturated carbocycles. The monoisotopic (exact) mass is 487 g/mol. The molecular formula is C25H27F2N3O5. The second-order valence-corrected chi connectivity index (χ2v) is 9.12. The van der Waals surface area contributed by atoms with Crippen molar-refractivity contribution in [1.29, 1.82) is 0 Å². The van der Waals surface area contributed by atoms with Crippen LogP contribution in [0.5, 0.6) is 11.5 Å². The second kappa shape index (κ2) is 9.52. The molecule has 2 aromatic rings. The van der Waals surface area contributed by atoms with Crippen LogP contribution in [0.1, 0.15) is 44.4 Å². The highest BCUT2D eigenvalue weighted by Crippen LogP contribution is 2.34. The molecule has 1 fully saturated rings. The summed E-state index contributed by atoms with van der Waals surface area (Å²) >= 11 is 0. The second-order valence-electron chi connectivity index (χ2n) is 9.12. The maximum Gasteiger partial charge on any atom is 0.325 e. The first-order valence-electron chi connectivity index (χ1n) is 11.4. The zero-order chi connectivity index (χ0) is 25.3. The minimum Gasteiger partial charge on any atom is -0.490 e. The topological polar surface area (TPSA) is 97.0 Å². The quantitative estimate of drug-likeness (QED) is 0.609. The molecule has 8 nitrogen and oxygen atoms in total. The summed E-state index contributed by atoms with van der Waals surface area (Å²) in [5.74, 6) is -2.28. The van der Waals surface area contributed by atoms with Gasteiger partial charge >= 0.3 is 6.03 Å². The van der Waals surface area contributed by atoms with Crippen LogP contribution in [0.15, 0.2) is 36.4 Å². The Bertz CT molecular complexity index is 1170. The van der Waals surface area contributed by atoms with Crippen molar-refractivity contribution in [2.24, 2.45) is 5.92 Å². The Morgan fingerprint density at radius 2 is 1.80 bits per heavy atom. The van der Waals surface area contributed by atoms with Crippen LogP contribution < -0.4 is 20.1 Å². The SMILES string of the molecule is CC(C)C(NC(=O)CN1C(=O)NC(C)(c2ccc(F)c(F)c2)C1=O)c1ccc2c(c1)OCCCO2. The Morgan fingerprint density at radius 3 is 2.49 bits per heavy atom. The molecule has 2 N–H and O–H groups in total. The molecule has 4 rings (SSSR count). The van der Waals surface area contributed by atoms with Crippen molar-refractivity contribution in [2.75, 3.05) is 19.8 Å². The molecule has 0 spiro atoms. The molecule has 4 amide bonds. The number of imide groups is 1. The van der Waals surface area contributed by atoms with E-state index in [1.165, 1.54) is 13.0 Å². The van der Waals surface area contributed by atoms with Crippen LogP contribution in [0.25, 0.3) is 0 Å². The molecule has 10 heteroatoms. The van der Waals surface area contributed by atoms with Gasteiger partial charge in [-0.05, 0) is 48.2 Å². The third kappa shape index (κ3) is 4.78. The molecule has 1 saturated heterocycles. The van der Waals surface area contributed by atoms with Crippen molar-refractivity contribution in [3.8, 4) is 11.5 Å². The van der Waals surface area contributed by atoms with Gasteiger partial charge in [0.25, 0.3) is 5.91 Å². The maximum absolute atomic E-state index is 13.7. The Hall–Kier alpha value is -3.69. The zero-order valence-corrected chi connectivity index (χ0v) is 19.7. The van der Waals surface area contributed by atoms with Gasteiger partial charge in [0.2, 0.25) is 5.91 Å². The van der Waals surface area contributed by atoms with Gasteiger partial charge in [-0.25, -0.2) is 13.6 Å². The molecule has 2 aromatic carbocycles.